The number of hydrogen-bond donors (Lipinski definition) is 2. The molecule has 2 saturated carbocycles. The number of rotatable bonds is 5. The average molecular weight is 594 g/mol. The van der Waals surface area contributed by atoms with Crippen LogP contribution in [0.1, 0.15) is 96.8 Å². The van der Waals surface area contributed by atoms with Crippen LogP contribution < -0.4 is 0 Å². The van der Waals surface area contributed by atoms with Crippen molar-refractivity contribution in [3.05, 3.63) is 46.8 Å². The van der Waals surface area contributed by atoms with Crippen molar-refractivity contribution in [2.24, 2.45) is 35.0 Å². The van der Waals surface area contributed by atoms with Gasteiger partial charge in [-0.2, -0.15) is 0 Å². The highest BCUT2D eigenvalue weighted by Crippen LogP contribution is 2.54. The summed E-state index contributed by atoms with van der Waals surface area (Å²) in [5.74, 6) is 3.53. The molecular weight excluding hydrogens is 542 g/mol. The van der Waals surface area contributed by atoms with Gasteiger partial charge in [0.2, 0.25) is 5.76 Å². The largest absolute Gasteiger partial charge is 0.492 e. The van der Waals surface area contributed by atoms with Crippen LogP contribution in [0.5, 0.6) is 0 Å². The number of piperidine rings is 1. The first-order chi connectivity index (χ1) is 20.9. The van der Waals surface area contributed by atoms with E-state index < -0.39 is 12.6 Å². The molecule has 0 aromatic rings. The van der Waals surface area contributed by atoms with E-state index >= 15 is 0 Å². The van der Waals surface area contributed by atoms with E-state index in [0.29, 0.717) is 17.4 Å². The van der Waals surface area contributed by atoms with Crippen molar-refractivity contribution in [2.45, 2.75) is 115 Å². The Kier molecular flexibility index (Phi) is 8.28. The second kappa shape index (κ2) is 12.0. The number of allylic oxidation sites excluding steroid dienone is 2. The molecule has 4 aliphatic heterocycles. The Hall–Kier alpha value is -2.09. The van der Waals surface area contributed by atoms with Gasteiger partial charge in [-0.3, -0.25) is 4.90 Å². The highest BCUT2D eigenvalue weighted by Gasteiger charge is 2.54. The molecule has 4 heterocycles. The standard InChI is InChI=1S/C36H51NO6/c1-22-30-27-14-9-15-28(31(39)25-13-8-12-24(18-25)23-10-4-5-11-23)37(27)21-36(16-6-3-7-17-36)19-29(30)42-32(22)34-33(41-2)26(20-38)35(40)43-34/h8,13,19,22-25,27-28,30-31,38-39H,3-7,9-12,14-18,20-21H2,1-2H3. The summed E-state index contributed by atoms with van der Waals surface area (Å²) in [6.45, 7) is 2.73. The van der Waals surface area contributed by atoms with Crippen molar-refractivity contribution in [2.75, 3.05) is 20.3 Å². The molecule has 3 aliphatic carbocycles. The third-order valence-corrected chi connectivity index (χ3v) is 12.4. The van der Waals surface area contributed by atoms with Gasteiger partial charge in [0, 0.05) is 41.8 Å². The minimum Gasteiger partial charge on any atom is -0.492 e. The summed E-state index contributed by atoms with van der Waals surface area (Å²) in [4.78, 5) is 15.3. The summed E-state index contributed by atoms with van der Waals surface area (Å²) in [6.07, 6.45) is 23.7. The van der Waals surface area contributed by atoms with E-state index in [1.165, 1.54) is 58.5 Å². The summed E-state index contributed by atoms with van der Waals surface area (Å²) in [6, 6.07) is 0.377. The third kappa shape index (κ3) is 5.21. The van der Waals surface area contributed by atoms with Crippen LogP contribution in [0.3, 0.4) is 0 Å². The van der Waals surface area contributed by atoms with Gasteiger partial charge in [0.15, 0.2) is 11.5 Å². The van der Waals surface area contributed by atoms with Gasteiger partial charge in [-0.05, 0) is 56.4 Å². The van der Waals surface area contributed by atoms with E-state index in [0.717, 1.165) is 56.7 Å². The first-order valence-corrected chi connectivity index (χ1v) is 17.3. The number of hydrogen-bond acceptors (Lipinski definition) is 7. The van der Waals surface area contributed by atoms with Gasteiger partial charge in [-0.15, -0.1) is 0 Å². The fourth-order valence-electron chi connectivity index (χ4n) is 10.2. The van der Waals surface area contributed by atoms with Crippen LogP contribution in [0.2, 0.25) is 0 Å². The molecular formula is C36H51NO6. The molecule has 7 nitrogen and oxygen atoms in total. The number of cyclic esters (lactones) is 1. The molecule has 0 aromatic heterocycles. The molecule has 0 amide bonds. The number of aliphatic hydroxyl groups excluding tert-OH is 2. The van der Waals surface area contributed by atoms with Gasteiger partial charge in [0.05, 0.1) is 19.8 Å². The monoisotopic (exact) mass is 593 g/mol. The maximum Gasteiger partial charge on any atom is 0.345 e. The number of methoxy groups -OCH3 is 1. The zero-order chi connectivity index (χ0) is 29.7. The Morgan fingerprint density at radius 1 is 1.05 bits per heavy atom. The zero-order valence-corrected chi connectivity index (χ0v) is 26.1. The van der Waals surface area contributed by atoms with E-state index in [4.69, 9.17) is 14.2 Å². The minimum absolute atomic E-state index is 0.0209. The number of carbonyl (C=O) groups excluding carboxylic acids is 1. The normalized spacial score (nSPS) is 38.8. The predicted octanol–water partition coefficient (Wildman–Crippen LogP) is 6.13. The van der Waals surface area contributed by atoms with Crippen molar-refractivity contribution < 1.29 is 29.2 Å². The Morgan fingerprint density at radius 2 is 1.84 bits per heavy atom. The number of fused-ring (bicyclic) bond motifs is 3. The van der Waals surface area contributed by atoms with Crippen molar-refractivity contribution in [3.63, 3.8) is 0 Å². The second-order valence-corrected chi connectivity index (χ2v) is 14.7. The SMILES string of the molecule is COC1=C(CO)C(=O)OC1=C1OC2=CC3(CCCCC3)CN3C(C(O)C4C=CCC(C5CCCC5)C4)CCCC3C2C1C. The van der Waals surface area contributed by atoms with Crippen LogP contribution in [-0.2, 0) is 19.0 Å². The molecule has 7 unspecified atom stereocenters. The predicted molar refractivity (Wildman–Crippen MR) is 163 cm³/mol. The molecule has 0 bridgehead atoms. The Bertz CT molecular complexity index is 1200. The lowest BCUT2D eigenvalue weighted by Gasteiger charge is -2.50. The van der Waals surface area contributed by atoms with E-state index in [1.54, 1.807) is 0 Å². The first-order valence-electron chi connectivity index (χ1n) is 17.3. The maximum atomic E-state index is 12.6. The fourth-order valence-corrected chi connectivity index (χ4v) is 10.2. The summed E-state index contributed by atoms with van der Waals surface area (Å²) in [5.41, 5.74) is 0.164. The number of nitrogens with zero attached hydrogens (tertiary/aromatic N) is 1. The summed E-state index contributed by atoms with van der Waals surface area (Å²) in [7, 11) is 1.51. The smallest absolute Gasteiger partial charge is 0.345 e. The zero-order valence-electron chi connectivity index (χ0n) is 26.1. The van der Waals surface area contributed by atoms with Gasteiger partial charge < -0.3 is 24.4 Å². The van der Waals surface area contributed by atoms with Crippen molar-refractivity contribution in [1.82, 2.24) is 4.90 Å². The summed E-state index contributed by atoms with van der Waals surface area (Å²) < 4.78 is 18.0. The highest BCUT2D eigenvalue weighted by molar-refractivity contribution is 5.94. The van der Waals surface area contributed by atoms with Crippen LogP contribution in [-0.4, -0.2) is 59.5 Å². The van der Waals surface area contributed by atoms with Crippen LogP contribution in [0, 0.1) is 35.0 Å². The molecule has 43 heavy (non-hydrogen) atoms. The molecule has 2 saturated heterocycles. The Balaban J connectivity index is 1.22. The van der Waals surface area contributed by atoms with E-state index in [9.17, 15) is 15.0 Å². The Morgan fingerprint density at radius 3 is 2.58 bits per heavy atom. The lowest BCUT2D eigenvalue weighted by Crippen LogP contribution is -2.58. The average Bonchev–Trinajstić information content (AvgIpc) is 3.73. The molecule has 7 heteroatoms. The maximum absolute atomic E-state index is 12.6. The van der Waals surface area contributed by atoms with Crippen LogP contribution >= 0.6 is 0 Å². The van der Waals surface area contributed by atoms with E-state index in [2.05, 4.69) is 30.1 Å². The fraction of sp³-hybridized carbons (Fsp3) is 0.750. The first kappa shape index (κ1) is 29.6. The lowest BCUT2D eigenvalue weighted by molar-refractivity contribution is -0.133. The van der Waals surface area contributed by atoms with E-state index in [1.807, 2.05) is 0 Å². The lowest BCUT2D eigenvalue weighted by atomic mass is 9.72. The van der Waals surface area contributed by atoms with Gasteiger partial charge >= 0.3 is 5.97 Å². The Labute approximate surface area is 257 Å². The van der Waals surface area contributed by atoms with Gasteiger partial charge in [0.1, 0.15) is 11.3 Å². The van der Waals surface area contributed by atoms with Crippen LogP contribution in [0.4, 0.5) is 0 Å². The topological polar surface area (TPSA) is 88.5 Å². The number of aliphatic hydroxyl groups is 2. The van der Waals surface area contributed by atoms with Crippen LogP contribution in [0.25, 0.3) is 0 Å². The molecule has 2 N–H and O–H groups in total. The highest BCUT2D eigenvalue weighted by atomic mass is 16.6. The number of esters is 1. The molecule has 236 valence electrons. The van der Waals surface area contributed by atoms with E-state index in [-0.39, 0.29) is 52.7 Å². The molecule has 0 radical (unpaired) electrons. The summed E-state index contributed by atoms with van der Waals surface area (Å²) in [5, 5.41) is 22.1. The van der Waals surface area contributed by atoms with Crippen LogP contribution in [0.15, 0.2) is 46.8 Å². The molecule has 0 aromatic carbocycles. The number of ether oxygens (including phenoxy) is 3. The van der Waals surface area contributed by atoms with Gasteiger partial charge in [0.25, 0.3) is 0 Å². The van der Waals surface area contributed by atoms with Crippen molar-refractivity contribution >= 4 is 5.97 Å². The van der Waals surface area contributed by atoms with Gasteiger partial charge in [-0.25, -0.2) is 4.79 Å². The minimum atomic E-state index is -0.568. The number of carbonyl (C=O) groups is 1. The quantitative estimate of drug-likeness (QED) is 0.293. The second-order valence-electron chi connectivity index (χ2n) is 14.7. The molecule has 1 spiro atoms. The molecule has 7 aliphatic rings. The van der Waals surface area contributed by atoms with Crippen molar-refractivity contribution in [3.8, 4) is 0 Å². The van der Waals surface area contributed by atoms with Crippen molar-refractivity contribution in [1.29, 1.82) is 0 Å². The molecule has 7 atom stereocenters. The summed E-state index contributed by atoms with van der Waals surface area (Å²) >= 11 is 0. The van der Waals surface area contributed by atoms with Gasteiger partial charge in [-0.1, -0.05) is 70.4 Å². The molecule has 4 fully saturated rings. The third-order valence-electron chi connectivity index (χ3n) is 12.4. The molecule has 7 rings (SSSR count).